The summed E-state index contributed by atoms with van der Waals surface area (Å²) in [4.78, 5) is 13.7. The second-order valence-electron chi connectivity index (χ2n) is 9.70. The first kappa shape index (κ1) is 27.1. The van der Waals surface area contributed by atoms with Crippen molar-refractivity contribution in [3.05, 3.63) is 132 Å². The number of aromatic nitrogens is 1. The molecule has 5 heteroatoms. The molecule has 0 spiro atoms. The van der Waals surface area contributed by atoms with Crippen LogP contribution in [0.25, 0.3) is 28.0 Å². The lowest BCUT2D eigenvalue weighted by Crippen LogP contribution is -1.97. The minimum atomic E-state index is 0.215. The maximum Gasteiger partial charge on any atom is 0.162 e. The van der Waals surface area contributed by atoms with Gasteiger partial charge in [-0.25, -0.2) is 9.98 Å². The van der Waals surface area contributed by atoms with Gasteiger partial charge in [0.25, 0.3) is 0 Å². The first-order chi connectivity index (χ1) is 21.2. The summed E-state index contributed by atoms with van der Waals surface area (Å²) >= 11 is 0. The summed E-state index contributed by atoms with van der Waals surface area (Å²) in [5, 5.41) is 0. The van der Waals surface area contributed by atoms with Crippen LogP contribution in [-0.4, -0.2) is 29.7 Å². The van der Waals surface area contributed by atoms with E-state index in [2.05, 4.69) is 41.1 Å². The van der Waals surface area contributed by atoms with Crippen molar-refractivity contribution in [2.24, 2.45) is 9.98 Å². The summed E-state index contributed by atoms with van der Waals surface area (Å²) in [6, 6.07) is 38.0. The highest BCUT2D eigenvalue weighted by Crippen LogP contribution is 2.37. The van der Waals surface area contributed by atoms with Crippen LogP contribution >= 0.6 is 0 Å². The van der Waals surface area contributed by atoms with Gasteiger partial charge >= 0.3 is 0 Å². The Hall–Kier alpha value is -6.04. The predicted octanol–water partition coefficient (Wildman–Crippen LogP) is 7.99. The van der Waals surface area contributed by atoms with Gasteiger partial charge in [0.15, 0.2) is 5.84 Å². The molecular formula is C38H27N3O2. The quantitative estimate of drug-likeness (QED) is 0.187. The number of amidine groups is 1. The second kappa shape index (κ2) is 12.6. The third-order valence-electron chi connectivity index (χ3n) is 6.89. The number of hydrogen-bond acceptors (Lipinski definition) is 3. The molecule has 1 N–H and O–H groups in total. The fourth-order valence-corrected chi connectivity index (χ4v) is 4.80. The fraction of sp³-hybridized carbons (Fsp3) is 0.0526. The molecule has 1 aliphatic heterocycles. The number of nitrogens with zero attached hydrogens (tertiary/aromatic N) is 2. The van der Waals surface area contributed by atoms with Gasteiger partial charge in [-0.15, -0.1) is 12.8 Å². The largest absolute Gasteiger partial charge is 0.481 e. The van der Waals surface area contributed by atoms with Crippen LogP contribution in [0.1, 0.15) is 11.1 Å². The lowest BCUT2D eigenvalue weighted by molar-refractivity contribution is 0.370. The van der Waals surface area contributed by atoms with Crippen molar-refractivity contribution < 1.29 is 9.47 Å². The summed E-state index contributed by atoms with van der Waals surface area (Å²) in [6.45, 7) is 0.431. The molecule has 0 radical (unpaired) electrons. The third kappa shape index (κ3) is 6.17. The zero-order chi connectivity index (χ0) is 29.4. The average molecular weight is 558 g/mol. The number of aliphatic imine (C=N–C) groups is 2. The summed E-state index contributed by atoms with van der Waals surface area (Å²) < 4.78 is 11.2. The minimum Gasteiger partial charge on any atom is -0.481 e. The number of benzene rings is 4. The Bertz CT molecular complexity index is 1900. The van der Waals surface area contributed by atoms with Gasteiger partial charge in [-0.3, -0.25) is 0 Å². The minimum absolute atomic E-state index is 0.215. The van der Waals surface area contributed by atoms with Crippen molar-refractivity contribution in [1.82, 2.24) is 4.98 Å². The molecule has 0 amide bonds. The standard InChI is InChI=1S/C38H27N3O2/c1-3-23-42-31-19-15-27(16-20-31)33-25-35(29-11-7-5-8-12-29)39-37(33)41-38-34(26-36(40-38)30-13-9-6-10-14-30)28-17-21-32(22-18-28)43-24-4-2/h1-2,5-22,25-26,39H,23-24H2/b41-38-. The topological polar surface area (TPSA) is 59.0 Å². The predicted molar refractivity (Wildman–Crippen MR) is 175 cm³/mol. The van der Waals surface area contributed by atoms with E-state index in [1.165, 1.54) is 0 Å². The molecule has 0 saturated heterocycles. The van der Waals surface area contributed by atoms with Crippen LogP contribution in [-0.2, 0) is 0 Å². The van der Waals surface area contributed by atoms with E-state index in [1.54, 1.807) is 0 Å². The molecule has 0 unspecified atom stereocenters. The molecule has 2 heterocycles. The van der Waals surface area contributed by atoms with Gasteiger partial charge in [-0.2, -0.15) is 0 Å². The van der Waals surface area contributed by atoms with Crippen LogP contribution in [0.3, 0.4) is 0 Å². The maximum absolute atomic E-state index is 5.59. The first-order valence-electron chi connectivity index (χ1n) is 13.8. The summed E-state index contributed by atoms with van der Waals surface area (Å²) in [7, 11) is 0. The van der Waals surface area contributed by atoms with Crippen LogP contribution in [0.2, 0.25) is 0 Å². The van der Waals surface area contributed by atoms with Crippen molar-refractivity contribution in [2.75, 3.05) is 13.2 Å². The van der Waals surface area contributed by atoms with Gasteiger partial charge in [0.05, 0.1) is 5.71 Å². The van der Waals surface area contributed by atoms with E-state index < -0.39 is 0 Å². The molecule has 0 bridgehead atoms. The highest BCUT2D eigenvalue weighted by atomic mass is 16.5. The van der Waals surface area contributed by atoms with Crippen molar-refractivity contribution >= 4 is 22.9 Å². The van der Waals surface area contributed by atoms with Crippen LogP contribution in [0, 0.1) is 24.7 Å². The van der Waals surface area contributed by atoms with Gasteiger partial charge in [-0.1, -0.05) is 96.8 Å². The Morgan fingerprint density at radius 1 is 0.651 bits per heavy atom. The molecule has 4 aromatic carbocycles. The molecular weight excluding hydrogens is 530 g/mol. The summed E-state index contributed by atoms with van der Waals surface area (Å²) in [5.41, 5.74) is 7.66. The molecule has 43 heavy (non-hydrogen) atoms. The number of hydrogen-bond donors (Lipinski definition) is 1. The molecule has 0 saturated carbocycles. The van der Waals surface area contributed by atoms with Crippen molar-refractivity contribution in [2.45, 2.75) is 0 Å². The summed E-state index contributed by atoms with van der Waals surface area (Å²) in [6.07, 6.45) is 12.8. The zero-order valence-corrected chi connectivity index (χ0v) is 23.3. The Morgan fingerprint density at radius 3 is 1.79 bits per heavy atom. The molecule has 1 aromatic heterocycles. The van der Waals surface area contributed by atoms with E-state index in [1.807, 2.05) is 97.1 Å². The number of allylic oxidation sites excluding steroid dienone is 1. The molecule has 0 atom stereocenters. The highest BCUT2D eigenvalue weighted by molar-refractivity contribution is 6.38. The third-order valence-corrected chi connectivity index (χ3v) is 6.89. The Labute approximate surface area is 251 Å². The number of terminal acetylenes is 2. The number of ether oxygens (including phenoxy) is 2. The summed E-state index contributed by atoms with van der Waals surface area (Å²) in [5.74, 6) is 7.72. The average Bonchev–Trinajstić information content (AvgIpc) is 3.69. The molecule has 206 valence electrons. The highest BCUT2D eigenvalue weighted by Gasteiger charge is 2.21. The molecule has 0 fully saturated rings. The Balaban J connectivity index is 1.45. The molecule has 0 aliphatic carbocycles. The normalized spacial score (nSPS) is 13.1. The lowest BCUT2D eigenvalue weighted by Gasteiger charge is -2.07. The zero-order valence-electron chi connectivity index (χ0n) is 23.3. The molecule has 5 aromatic rings. The van der Waals surface area contributed by atoms with Crippen molar-refractivity contribution in [3.8, 4) is 58.6 Å². The van der Waals surface area contributed by atoms with Crippen LogP contribution < -0.4 is 9.47 Å². The van der Waals surface area contributed by atoms with E-state index in [-0.39, 0.29) is 13.2 Å². The van der Waals surface area contributed by atoms with Gasteiger partial charge < -0.3 is 14.5 Å². The smallest absolute Gasteiger partial charge is 0.162 e. The number of nitrogens with one attached hydrogen (secondary N) is 1. The van der Waals surface area contributed by atoms with Gasteiger partial charge in [-0.05, 0) is 53.1 Å². The fourth-order valence-electron chi connectivity index (χ4n) is 4.80. The number of H-pyrrole nitrogens is 1. The SMILES string of the molecule is C#CCOc1ccc(C2=CC(c3ccccc3)=N/C2=N\c2[nH]c(-c3ccccc3)cc2-c2ccc(OCC#C)cc2)cc1. The van der Waals surface area contributed by atoms with Crippen molar-refractivity contribution in [1.29, 1.82) is 0 Å². The lowest BCUT2D eigenvalue weighted by atomic mass is 10.0. The monoisotopic (exact) mass is 557 g/mol. The molecule has 5 nitrogen and oxygen atoms in total. The number of aromatic amines is 1. The molecule has 6 rings (SSSR count). The van der Waals surface area contributed by atoms with E-state index in [4.69, 9.17) is 32.3 Å². The van der Waals surface area contributed by atoms with E-state index in [9.17, 15) is 0 Å². The first-order valence-corrected chi connectivity index (χ1v) is 13.8. The van der Waals surface area contributed by atoms with E-state index >= 15 is 0 Å². The number of rotatable bonds is 9. The van der Waals surface area contributed by atoms with Crippen molar-refractivity contribution in [3.63, 3.8) is 0 Å². The molecule has 1 aliphatic rings. The Morgan fingerprint density at radius 2 is 1.21 bits per heavy atom. The van der Waals surface area contributed by atoms with Crippen LogP contribution in [0.15, 0.2) is 131 Å². The van der Waals surface area contributed by atoms with E-state index in [0.29, 0.717) is 23.2 Å². The maximum atomic E-state index is 5.59. The van der Waals surface area contributed by atoms with Crippen LogP contribution in [0.5, 0.6) is 11.5 Å². The Kier molecular flexibility index (Phi) is 7.98. The van der Waals surface area contributed by atoms with Gasteiger partial charge in [0.2, 0.25) is 0 Å². The van der Waals surface area contributed by atoms with E-state index in [0.717, 1.165) is 44.8 Å². The van der Waals surface area contributed by atoms with Gasteiger partial charge in [0.1, 0.15) is 30.5 Å². The second-order valence-corrected chi connectivity index (χ2v) is 9.70. The van der Waals surface area contributed by atoms with Gasteiger partial charge in [0, 0.05) is 22.4 Å². The van der Waals surface area contributed by atoms with Crippen LogP contribution in [0.4, 0.5) is 5.82 Å².